The van der Waals surface area contributed by atoms with E-state index in [2.05, 4.69) is 0 Å². The van der Waals surface area contributed by atoms with Gasteiger partial charge in [0.2, 0.25) is 0 Å². The quantitative estimate of drug-likeness (QED) is 0.497. The molecule has 0 atom stereocenters. The summed E-state index contributed by atoms with van der Waals surface area (Å²) in [6.45, 7) is 0. The van der Waals surface area contributed by atoms with Crippen molar-refractivity contribution in [1.82, 2.24) is 0 Å². The molecule has 3 rings (SSSR count). The molecule has 0 aromatic heterocycles. The molecule has 0 saturated heterocycles. The van der Waals surface area contributed by atoms with Crippen LogP contribution in [0, 0.1) is 23.3 Å². The van der Waals surface area contributed by atoms with Gasteiger partial charge in [-0.3, -0.25) is 0 Å². The van der Waals surface area contributed by atoms with E-state index in [4.69, 9.17) is 0 Å². The summed E-state index contributed by atoms with van der Waals surface area (Å²) < 4.78 is 55.1. The standard InChI is InChI=1S/C19H14F4S/c1-24(17-5-3-2-4-6-17,18-9-13(20)7-14(21)10-18)19-11-15(22)8-16(23)12-19/h2-12H,1H3. The predicted octanol–water partition coefficient (Wildman–Crippen LogP) is 6.15. The number of rotatable bonds is 3. The highest BCUT2D eigenvalue weighted by molar-refractivity contribution is 8.33. The zero-order chi connectivity index (χ0) is 17.3. The Kier molecular flexibility index (Phi) is 4.37. The number of hydrogen-bond acceptors (Lipinski definition) is 0. The Morgan fingerprint density at radius 2 is 0.917 bits per heavy atom. The molecule has 0 heterocycles. The second-order valence-corrected chi connectivity index (χ2v) is 8.69. The fraction of sp³-hybridized carbons (Fsp3) is 0.0526. The molecule has 0 amide bonds. The monoisotopic (exact) mass is 350 g/mol. The first kappa shape index (κ1) is 16.6. The van der Waals surface area contributed by atoms with Gasteiger partial charge < -0.3 is 0 Å². The fourth-order valence-corrected chi connectivity index (χ4v) is 5.54. The van der Waals surface area contributed by atoms with E-state index in [1.54, 1.807) is 30.5 Å². The normalized spacial score (nSPS) is 12.2. The molecule has 0 bridgehead atoms. The van der Waals surface area contributed by atoms with E-state index in [9.17, 15) is 17.6 Å². The van der Waals surface area contributed by atoms with Gasteiger partial charge in [-0.2, -0.15) is 10.0 Å². The highest BCUT2D eigenvalue weighted by Crippen LogP contribution is 2.65. The Bertz CT molecular complexity index is 786. The topological polar surface area (TPSA) is 0 Å². The van der Waals surface area contributed by atoms with Crippen molar-refractivity contribution in [2.45, 2.75) is 14.7 Å². The molecule has 24 heavy (non-hydrogen) atoms. The van der Waals surface area contributed by atoms with Crippen LogP contribution in [0.1, 0.15) is 0 Å². The zero-order valence-corrected chi connectivity index (χ0v) is 13.6. The molecule has 0 nitrogen and oxygen atoms in total. The molecule has 124 valence electrons. The summed E-state index contributed by atoms with van der Waals surface area (Å²) >= 11 is 0. The molecule has 3 aromatic rings. The Morgan fingerprint density at radius 3 is 1.29 bits per heavy atom. The molecule has 3 aromatic carbocycles. The van der Waals surface area contributed by atoms with E-state index in [1.165, 1.54) is 24.3 Å². The lowest BCUT2D eigenvalue weighted by atomic mass is 10.3. The lowest BCUT2D eigenvalue weighted by Crippen LogP contribution is -2.04. The van der Waals surface area contributed by atoms with E-state index in [0.717, 1.165) is 17.0 Å². The second-order valence-electron chi connectivity index (χ2n) is 5.44. The van der Waals surface area contributed by atoms with Crippen LogP contribution >= 0.6 is 10.0 Å². The van der Waals surface area contributed by atoms with Crippen LogP contribution in [0.4, 0.5) is 17.6 Å². The third kappa shape index (κ3) is 3.04. The Balaban J connectivity index is 2.33. The number of benzene rings is 3. The molecule has 0 aliphatic carbocycles. The van der Waals surface area contributed by atoms with Gasteiger partial charge in [0, 0.05) is 21.9 Å². The van der Waals surface area contributed by atoms with Crippen molar-refractivity contribution >= 4 is 10.0 Å². The fourth-order valence-electron chi connectivity index (χ4n) is 2.63. The minimum atomic E-state index is -2.23. The van der Waals surface area contributed by atoms with Crippen LogP contribution in [0.25, 0.3) is 0 Å². The molecule has 0 aliphatic rings. The van der Waals surface area contributed by atoms with Crippen LogP contribution in [0.15, 0.2) is 81.4 Å². The van der Waals surface area contributed by atoms with Crippen LogP contribution in [-0.4, -0.2) is 6.26 Å². The Labute approximate surface area is 139 Å². The first-order valence-corrected chi connectivity index (χ1v) is 9.19. The van der Waals surface area contributed by atoms with Gasteiger partial charge in [0.15, 0.2) is 0 Å². The van der Waals surface area contributed by atoms with Crippen LogP contribution in [0.3, 0.4) is 0 Å². The van der Waals surface area contributed by atoms with Gasteiger partial charge in [0.1, 0.15) is 23.3 Å². The third-order valence-electron chi connectivity index (χ3n) is 3.83. The van der Waals surface area contributed by atoms with Gasteiger partial charge in [0.05, 0.1) is 0 Å². The van der Waals surface area contributed by atoms with Crippen molar-refractivity contribution in [3.05, 3.63) is 90.0 Å². The van der Waals surface area contributed by atoms with E-state index >= 15 is 0 Å². The molecule has 0 unspecified atom stereocenters. The third-order valence-corrected chi connectivity index (χ3v) is 7.40. The van der Waals surface area contributed by atoms with Gasteiger partial charge in [-0.1, -0.05) is 18.2 Å². The van der Waals surface area contributed by atoms with Gasteiger partial charge >= 0.3 is 0 Å². The van der Waals surface area contributed by atoms with Gasteiger partial charge in [-0.15, -0.1) is 0 Å². The van der Waals surface area contributed by atoms with Crippen molar-refractivity contribution in [2.24, 2.45) is 0 Å². The summed E-state index contributed by atoms with van der Waals surface area (Å²) in [6, 6.07) is 15.4. The number of hydrogen-bond donors (Lipinski definition) is 0. The Hall–Kier alpha value is -2.27. The van der Waals surface area contributed by atoms with E-state index < -0.39 is 33.3 Å². The maximum Gasteiger partial charge on any atom is 0.127 e. The van der Waals surface area contributed by atoms with Gasteiger partial charge in [0.25, 0.3) is 0 Å². The molecule has 0 N–H and O–H groups in total. The summed E-state index contributed by atoms with van der Waals surface area (Å²) in [5.74, 6) is -2.90. The summed E-state index contributed by atoms with van der Waals surface area (Å²) in [7, 11) is -2.23. The summed E-state index contributed by atoms with van der Waals surface area (Å²) in [6.07, 6.45) is 1.77. The summed E-state index contributed by atoms with van der Waals surface area (Å²) in [5.41, 5.74) is 0. The van der Waals surface area contributed by atoms with Crippen LogP contribution in [0.5, 0.6) is 0 Å². The van der Waals surface area contributed by atoms with Crippen molar-refractivity contribution in [3.63, 3.8) is 0 Å². The van der Waals surface area contributed by atoms with Crippen molar-refractivity contribution in [2.75, 3.05) is 6.26 Å². The number of halogens is 4. The maximum absolute atomic E-state index is 13.8. The summed E-state index contributed by atoms with van der Waals surface area (Å²) in [4.78, 5) is 1.47. The summed E-state index contributed by atoms with van der Waals surface area (Å²) in [5, 5.41) is 0. The second kappa shape index (κ2) is 6.32. The smallest absolute Gasteiger partial charge is 0.127 e. The molecule has 0 aliphatic heterocycles. The van der Waals surface area contributed by atoms with E-state index in [0.29, 0.717) is 9.79 Å². The molecule has 0 radical (unpaired) electrons. The average molecular weight is 350 g/mol. The lowest BCUT2D eigenvalue weighted by Gasteiger charge is -2.37. The molecule has 0 fully saturated rings. The minimum Gasteiger partial charge on any atom is -0.207 e. The molecule has 5 heteroatoms. The first-order valence-electron chi connectivity index (χ1n) is 7.15. The van der Waals surface area contributed by atoms with Gasteiger partial charge in [-0.05, 0) is 47.5 Å². The zero-order valence-electron chi connectivity index (χ0n) is 12.8. The molecular formula is C19H14F4S. The predicted molar refractivity (Wildman–Crippen MR) is 87.5 cm³/mol. The van der Waals surface area contributed by atoms with Crippen LogP contribution in [-0.2, 0) is 0 Å². The van der Waals surface area contributed by atoms with E-state index in [-0.39, 0.29) is 0 Å². The minimum absolute atomic E-state index is 0.358. The largest absolute Gasteiger partial charge is 0.207 e. The average Bonchev–Trinajstić information content (AvgIpc) is 2.53. The maximum atomic E-state index is 13.8. The SMILES string of the molecule is CS(c1ccccc1)(c1cc(F)cc(F)c1)c1cc(F)cc(F)c1. The van der Waals surface area contributed by atoms with Crippen molar-refractivity contribution < 1.29 is 17.6 Å². The van der Waals surface area contributed by atoms with Crippen LogP contribution in [0.2, 0.25) is 0 Å². The van der Waals surface area contributed by atoms with Crippen LogP contribution < -0.4 is 0 Å². The lowest BCUT2D eigenvalue weighted by molar-refractivity contribution is 0.576. The highest BCUT2D eigenvalue weighted by atomic mass is 32.3. The van der Waals surface area contributed by atoms with E-state index in [1.807, 2.05) is 6.07 Å². The highest BCUT2D eigenvalue weighted by Gasteiger charge is 2.28. The molecular weight excluding hydrogens is 336 g/mol. The first-order chi connectivity index (χ1) is 11.4. The molecule has 0 saturated carbocycles. The van der Waals surface area contributed by atoms with Crippen molar-refractivity contribution in [3.8, 4) is 0 Å². The van der Waals surface area contributed by atoms with Crippen molar-refractivity contribution in [1.29, 1.82) is 0 Å². The molecule has 0 spiro atoms. The Morgan fingerprint density at radius 1 is 0.542 bits per heavy atom. The van der Waals surface area contributed by atoms with Gasteiger partial charge in [-0.25, -0.2) is 17.6 Å².